The monoisotopic (exact) mass is 245 g/mol. The molecule has 0 spiro atoms. The van der Waals surface area contributed by atoms with Crippen LogP contribution >= 0.6 is 0 Å². The minimum Gasteiger partial charge on any atom is -0.388 e. The Morgan fingerprint density at radius 2 is 2.00 bits per heavy atom. The summed E-state index contributed by atoms with van der Waals surface area (Å²) in [7, 11) is 0. The van der Waals surface area contributed by atoms with Crippen molar-refractivity contribution in [3.8, 4) is 5.69 Å². The van der Waals surface area contributed by atoms with Crippen molar-refractivity contribution in [3.63, 3.8) is 0 Å². The quantitative estimate of drug-likeness (QED) is 0.870. The highest BCUT2D eigenvalue weighted by Crippen LogP contribution is 2.22. The van der Waals surface area contributed by atoms with Crippen LogP contribution in [0.3, 0.4) is 0 Å². The van der Waals surface area contributed by atoms with E-state index in [1.165, 1.54) is 0 Å². The number of para-hydroxylation sites is 2. The molecule has 0 aliphatic heterocycles. The second-order valence-electron chi connectivity index (χ2n) is 4.99. The molecule has 1 aromatic carbocycles. The standard InChI is InChI=1S/C14H19N3O/c1-11(14(2,3)18)16-12-7-4-5-8-13(12)17-10-6-9-15-17/h4-11,16,18H,1-3H3. The molecule has 2 aromatic rings. The van der Waals surface area contributed by atoms with E-state index in [9.17, 15) is 5.11 Å². The second kappa shape index (κ2) is 4.82. The average molecular weight is 245 g/mol. The Balaban J connectivity index is 2.29. The van der Waals surface area contributed by atoms with Crippen LogP contribution in [0.25, 0.3) is 5.69 Å². The first-order valence-electron chi connectivity index (χ1n) is 6.06. The predicted octanol–water partition coefficient (Wildman–Crippen LogP) is 2.44. The van der Waals surface area contributed by atoms with E-state index >= 15 is 0 Å². The van der Waals surface area contributed by atoms with Crippen molar-refractivity contribution in [3.05, 3.63) is 42.7 Å². The first kappa shape index (κ1) is 12.6. The molecule has 1 atom stereocenters. The van der Waals surface area contributed by atoms with Gasteiger partial charge in [-0.3, -0.25) is 0 Å². The van der Waals surface area contributed by atoms with Crippen LogP contribution in [0.2, 0.25) is 0 Å². The Hall–Kier alpha value is -1.81. The zero-order valence-electron chi connectivity index (χ0n) is 11.0. The van der Waals surface area contributed by atoms with Crippen LogP contribution in [0, 0.1) is 0 Å². The highest BCUT2D eigenvalue weighted by molar-refractivity contribution is 5.61. The third-order valence-corrected chi connectivity index (χ3v) is 3.09. The molecule has 0 saturated carbocycles. The molecule has 2 rings (SSSR count). The normalized spacial score (nSPS) is 13.3. The number of nitrogens with zero attached hydrogens (tertiary/aromatic N) is 2. The number of hydrogen-bond donors (Lipinski definition) is 2. The molecule has 2 N–H and O–H groups in total. The molecule has 18 heavy (non-hydrogen) atoms. The predicted molar refractivity (Wildman–Crippen MR) is 72.9 cm³/mol. The highest BCUT2D eigenvalue weighted by Gasteiger charge is 2.22. The van der Waals surface area contributed by atoms with Crippen LogP contribution in [-0.2, 0) is 0 Å². The summed E-state index contributed by atoms with van der Waals surface area (Å²) in [5, 5.41) is 17.5. The maximum atomic E-state index is 9.98. The average Bonchev–Trinajstić information content (AvgIpc) is 2.82. The van der Waals surface area contributed by atoms with Crippen molar-refractivity contribution >= 4 is 5.69 Å². The zero-order chi connectivity index (χ0) is 13.2. The lowest BCUT2D eigenvalue weighted by molar-refractivity contribution is 0.0649. The minimum absolute atomic E-state index is 0.0609. The number of benzene rings is 1. The van der Waals surface area contributed by atoms with E-state index in [0.717, 1.165) is 11.4 Å². The maximum absolute atomic E-state index is 9.98. The summed E-state index contributed by atoms with van der Waals surface area (Å²) in [5.74, 6) is 0. The van der Waals surface area contributed by atoms with Crippen LogP contribution < -0.4 is 5.32 Å². The van der Waals surface area contributed by atoms with Gasteiger partial charge in [0.25, 0.3) is 0 Å². The summed E-state index contributed by atoms with van der Waals surface area (Å²) < 4.78 is 1.80. The number of aliphatic hydroxyl groups is 1. The van der Waals surface area contributed by atoms with Crippen LogP contribution in [-0.4, -0.2) is 26.5 Å². The minimum atomic E-state index is -0.781. The molecule has 96 valence electrons. The Morgan fingerprint density at radius 3 is 2.61 bits per heavy atom. The van der Waals surface area contributed by atoms with E-state index in [2.05, 4.69) is 10.4 Å². The topological polar surface area (TPSA) is 50.1 Å². The molecular formula is C14H19N3O. The Kier molecular flexibility index (Phi) is 3.39. The van der Waals surface area contributed by atoms with Gasteiger partial charge in [0.15, 0.2) is 0 Å². The van der Waals surface area contributed by atoms with Crippen LogP contribution in [0.4, 0.5) is 5.69 Å². The summed E-state index contributed by atoms with van der Waals surface area (Å²) in [6.45, 7) is 5.54. The van der Waals surface area contributed by atoms with Gasteiger partial charge in [0.2, 0.25) is 0 Å². The van der Waals surface area contributed by atoms with Gasteiger partial charge in [0.05, 0.1) is 23.0 Å². The third-order valence-electron chi connectivity index (χ3n) is 3.09. The summed E-state index contributed by atoms with van der Waals surface area (Å²) in [4.78, 5) is 0. The fraction of sp³-hybridized carbons (Fsp3) is 0.357. The lowest BCUT2D eigenvalue weighted by Gasteiger charge is -2.28. The number of rotatable bonds is 4. The summed E-state index contributed by atoms with van der Waals surface area (Å²) in [6.07, 6.45) is 3.64. The van der Waals surface area contributed by atoms with E-state index in [0.29, 0.717) is 0 Å². The Bertz CT molecular complexity index is 500. The first-order chi connectivity index (χ1) is 8.48. The number of nitrogens with one attached hydrogen (secondary N) is 1. The molecule has 0 saturated heterocycles. The van der Waals surface area contributed by atoms with E-state index in [-0.39, 0.29) is 6.04 Å². The first-order valence-corrected chi connectivity index (χ1v) is 6.06. The lowest BCUT2D eigenvalue weighted by atomic mass is 10.0. The molecular weight excluding hydrogens is 226 g/mol. The molecule has 0 aliphatic rings. The van der Waals surface area contributed by atoms with E-state index in [1.807, 2.05) is 43.5 Å². The SMILES string of the molecule is CC(Nc1ccccc1-n1cccn1)C(C)(C)O. The Morgan fingerprint density at radius 1 is 1.28 bits per heavy atom. The van der Waals surface area contributed by atoms with Crippen molar-refractivity contribution in [2.45, 2.75) is 32.4 Å². The van der Waals surface area contributed by atoms with Gasteiger partial charge in [-0.1, -0.05) is 12.1 Å². The second-order valence-corrected chi connectivity index (χ2v) is 4.99. The highest BCUT2D eigenvalue weighted by atomic mass is 16.3. The number of aromatic nitrogens is 2. The van der Waals surface area contributed by atoms with Gasteiger partial charge >= 0.3 is 0 Å². The largest absolute Gasteiger partial charge is 0.388 e. The summed E-state index contributed by atoms with van der Waals surface area (Å²) in [5.41, 5.74) is 1.14. The molecule has 1 aromatic heterocycles. The maximum Gasteiger partial charge on any atom is 0.0876 e. The molecule has 0 bridgehead atoms. The van der Waals surface area contributed by atoms with Gasteiger partial charge in [0, 0.05) is 12.4 Å². The molecule has 0 fully saturated rings. The summed E-state index contributed by atoms with van der Waals surface area (Å²) in [6, 6.07) is 9.74. The fourth-order valence-electron chi connectivity index (χ4n) is 1.62. The van der Waals surface area contributed by atoms with E-state index in [4.69, 9.17) is 0 Å². The van der Waals surface area contributed by atoms with Gasteiger partial charge in [-0.25, -0.2) is 4.68 Å². The zero-order valence-corrected chi connectivity index (χ0v) is 11.0. The number of anilines is 1. The van der Waals surface area contributed by atoms with Crippen LogP contribution in [0.15, 0.2) is 42.7 Å². The van der Waals surface area contributed by atoms with Crippen molar-refractivity contribution in [1.29, 1.82) is 0 Å². The Labute approximate surface area is 107 Å². The molecule has 0 amide bonds. The van der Waals surface area contributed by atoms with Crippen molar-refractivity contribution in [2.24, 2.45) is 0 Å². The van der Waals surface area contributed by atoms with E-state index in [1.54, 1.807) is 24.7 Å². The number of hydrogen-bond acceptors (Lipinski definition) is 3. The van der Waals surface area contributed by atoms with Gasteiger partial charge in [-0.2, -0.15) is 5.10 Å². The van der Waals surface area contributed by atoms with Crippen LogP contribution in [0.1, 0.15) is 20.8 Å². The molecule has 1 heterocycles. The fourth-order valence-corrected chi connectivity index (χ4v) is 1.62. The van der Waals surface area contributed by atoms with Crippen molar-refractivity contribution < 1.29 is 5.11 Å². The third kappa shape index (κ3) is 2.71. The molecule has 0 radical (unpaired) electrons. The van der Waals surface area contributed by atoms with E-state index < -0.39 is 5.60 Å². The summed E-state index contributed by atoms with van der Waals surface area (Å²) >= 11 is 0. The van der Waals surface area contributed by atoms with Crippen molar-refractivity contribution in [2.75, 3.05) is 5.32 Å². The molecule has 4 nitrogen and oxygen atoms in total. The van der Waals surface area contributed by atoms with Gasteiger partial charge in [-0.05, 0) is 39.0 Å². The van der Waals surface area contributed by atoms with Gasteiger partial charge in [-0.15, -0.1) is 0 Å². The van der Waals surface area contributed by atoms with Crippen molar-refractivity contribution in [1.82, 2.24) is 9.78 Å². The lowest BCUT2D eigenvalue weighted by Crippen LogP contribution is -2.39. The molecule has 1 unspecified atom stereocenters. The molecule has 4 heteroatoms. The van der Waals surface area contributed by atoms with Gasteiger partial charge in [0.1, 0.15) is 0 Å². The van der Waals surface area contributed by atoms with Gasteiger partial charge < -0.3 is 10.4 Å². The smallest absolute Gasteiger partial charge is 0.0876 e. The van der Waals surface area contributed by atoms with Crippen LogP contribution in [0.5, 0.6) is 0 Å². The molecule has 0 aliphatic carbocycles.